The lowest BCUT2D eigenvalue weighted by molar-refractivity contribution is 0.0950. The van der Waals surface area contributed by atoms with Crippen LogP contribution < -0.4 is 10.6 Å². The van der Waals surface area contributed by atoms with Crippen LogP contribution in [-0.2, 0) is 6.54 Å². The number of nitrogens with one attached hydrogen (secondary N) is 2. The van der Waals surface area contributed by atoms with Crippen molar-refractivity contribution in [2.45, 2.75) is 19.9 Å². The zero-order chi connectivity index (χ0) is 14.2. The zero-order valence-electron chi connectivity index (χ0n) is 11.5. The number of carbonyl (C=O) groups excluding carboxylic acids is 1. The Morgan fingerprint density at radius 1 is 1.20 bits per heavy atom. The van der Waals surface area contributed by atoms with Crippen molar-refractivity contribution in [1.82, 2.24) is 15.3 Å². The highest BCUT2D eigenvalue weighted by Gasteiger charge is 2.06. The molecule has 2 aromatic heterocycles. The number of hydrogen-bond donors (Lipinski definition) is 2. The van der Waals surface area contributed by atoms with Gasteiger partial charge in [-0.1, -0.05) is 13.0 Å². The molecule has 1 amide bonds. The van der Waals surface area contributed by atoms with Crippen LogP contribution in [0.2, 0.25) is 0 Å². The predicted molar refractivity (Wildman–Crippen MR) is 78.4 cm³/mol. The summed E-state index contributed by atoms with van der Waals surface area (Å²) < 4.78 is 0. The standard InChI is InChI=1S/C15H18N4O/c1-2-8-17-14-7-6-12(10-18-14)15(20)19-11-13-5-3-4-9-16-13/h3-7,9-10H,2,8,11H2,1H3,(H,17,18)(H,19,20). The van der Waals surface area contributed by atoms with E-state index in [0.29, 0.717) is 12.1 Å². The highest BCUT2D eigenvalue weighted by Crippen LogP contribution is 2.05. The van der Waals surface area contributed by atoms with Crippen molar-refractivity contribution in [1.29, 1.82) is 0 Å². The summed E-state index contributed by atoms with van der Waals surface area (Å²) in [6.07, 6.45) is 4.32. The average Bonchev–Trinajstić information content (AvgIpc) is 2.52. The molecule has 0 radical (unpaired) electrons. The highest BCUT2D eigenvalue weighted by atomic mass is 16.1. The maximum Gasteiger partial charge on any atom is 0.253 e. The molecule has 0 saturated heterocycles. The Kier molecular flexibility index (Phi) is 5.06. The largest absolute Gasteiger partial charge is 0.370 e. The second-order valence-electron chi connectivity index (χ2n) is 4.36. The molecule has 0 unspecified atom stereocenters. The number of hydrogen-bond acceptors (Lipinski definition) is 4. The van der Waals surface area contributed by atoms with E-state index in [0.717, 1.165) is 24.5 Å². The minimum absolute atomic E-state index is 0.148. The fraction of sp³-hybridized carbons (Fsp3) is 0.267. The van der Waals surface area contributed by atoms with E-state index in [9.17, 15) is 4.79 Å². The number of amides is 1. The molecule has 0 aliphatic carbocycles. The number of nitrogens with zero attached hydrogens (tertiary/aromatic N) is 2. The molecule has 0 aromatic carbocycles. The third-order valence-electron chi connectivity index (χ3n) is 2.74. The van der Waals surface area contributed by atoms with Crippen LogP contribution in [0, 0.1) is 0 Å². The van der Waals surface area contributed by atoms with Crippen LogP contribution in [0.25, 0.3) is 0 Å². The van der Waals surface area contributed by atoms with E-state index in [1.54, 1.807) is 18.5 Å². The van der Waals surface area contributed by atoms with Gasteiger partial charge in [-0.3, -0.25) is 9.78 Å². The summed E-state index contributed by atoms with van der Waals surface area (Å²) in [7, 11) is 0. The van der Waals surface area contributed by atoms with Crippen molar-refractivity contribution in [3.63, 3.8) is 0 Å². The molecule has 5 nitrogen and oxygen atoms in total. The molecule has 0 aliphatic rings. The lowest BCUT2D eigenvalue weighted by Crippen LogP contribution is -2.23. The fourth-order valence-corrected chi connectivity index (χ4v) is 1.66. The van der Waals surface area contributed by atoms with Gasteiger partial charge in [-0.15, -0.1) is 0 Å². The van der Waals surface area contributed by atoms with Crippen LogP contribution in [0.15, 0.2) is 42.7 Å². The van der Waals surface area contributed by atoms with Gasteiger partial charge in [0.05, 0.1) is 17.8 Å². The molecule has 104 valence electrons. The third kappa shape index (κ3) is 4.05. The van der Waals surface area contributed by atoms with Crippen LogP contribution in [-0.4, -0.2) is 22.4 Å². The van der Waals surface area contributed by atoms with E-state index in [4.69, 9.17) is 0 Å². The molecule has 2 aromatic rings. The van der Waals surface area contributed by atoms with Gasteiger partial charge in [0, 0.05) is 18.9 Å². The second-order valence-corrected chi connectivity index (χ2v) is 4.36. The molecule has 2 rings (SSSR count). The minimum atomic E-state index is -0.148. The molecule has 0 atom stereocenters. The molecule has 0 bridgehead atoms. The molecular formula is C15H18N4O. The van der Waals surface area contributed by atoms with Crippen molar-refractivity contribution < 1.29 is 4.79 Å². The number of aromatic nitrogens is 2. The average molecular weight is 270 g/mol. The van der Waals surface area contributed by atoms with Gasteiger partial charge in [0.1, 0.15) is 5.82 Å². The Morgan fingerprint density at radius 2 is 2.10 bits per heavy atom. The third-order valence-corrected chi connectivity index (χ3v) is 2.74. The fourth-order valence-electron chi connectivity index (χ4n) is 1.66. The van der Waals surface area contributed by atoms with E-state index in [2.05, 4.69) is 27.5 Å². The van der Waals surface area contributed by atoms with E-state index in [-0.39, 0.29) is 5.91 Å². The van der Waals surface area contributed by atoms with Gasteiger partial charge in [0.15, 0.2) is 0 Å². The van der Waals surface area contributed by atoms with Crippen molar-refractivity contribution >= 4 is 11.7 Å². The van der Waals surface area contributed by atoms with E-state index in [1.165, 1.54) is 0 Å². The van der Waals surface area contributed by atoms with Crippen LogP contribution in [0.4, 0.5) is 5.82 Å². The van der Waals surface area contributed by atoms with E-state index < -0.39 is 0 Å². The van der Waals surface area contributed by atoms with Gasteiger partial charge >= 0.3 is 0 Å². The molecule has 0 fully saturated rings. The van der Waals surface area contributed by atoms with Gasteiger partial charge in [-0.2, -0.15) is 0 Å². The van der Waals surface area contributed by atoms with Gasteiger partial charge in [0.2, 0.25) is 0 Å². The smallest absolute Gasteiger partial charge is 0.253 e. The summed E-state index contributed by atoms with van der Waals surface area (Å²) in [5.74, 6) is 0.637. The first-order valence-electron chi connectivity index (χ1n) is 6.67. The first-order valence-corrected chi connectivity index (χ1v) is 6.67. The van der Waals surface area contributed by atoms with Gasteiger partial charge < -0.3 is 10.6 Å². The SMILES string of the molecule is CCCNc1ccc(C(=O)NCc2ccccn2)cn1. The topological polar surface area (TPSA) is 66.9 Å². The molecule has 20 heavy (non-hydrogen) atoms. The number of carbonyl (C=O) groups is 1. The normalized spacial score (nSPS) is 10.1. The second kappa shape index (κ2) is 7.23. The van der Waals surface area contributed by atoms with Crippen LogP contribution in [0.1, 0.15) is 29.4 Å². The predicted octanol–water partition coefficient (Wildman–Crippen LogP) is 2.23. The quantitative estimate of drug-likeness (QED) is 0.844. The van der Waals surface area contributed by atoms with Crippen LogP contribution in [0.3, 0.4) is 0 Å². The van der Waals surface area contributed by atoms with Crippen molar-refractivity contribution in [2.24, 2.45) is 0 Å². The van der Waals surface area contributed by atoms with Crippen LogP contribution >= 0.6 is 0 Å². The summed E-state index contributed by atoms with van der Waals surface area (Å²) in [5.41, 5.74) is 1.37. The number of rotatable bonds is 6. The molecule has 5 heteroatoms. The Morgan fingerprint density at radius 3 is 2.75 bits per heavy atom. The Bertz CT molecular complexity index is 540. The molecule has 0 saturated carbocycles. The molecule has 0 spiro atoms. The molecular weight excluding hydrogens is 252 g/mol. The summed E-state index contributed by atoms with van der Waals surface area (Å²) in [5, 5.41) is 5.98. The Hall–Kier alpha value is -2.43. The first kappa shape index (κ1) is 14.0. The Labute approximate surface area is 118 Å². The number of pyridine rings is 2. The van der Waals surface area contributed by atoms with Crippen molar-refractivity contribution in [2.75, 3.05) is 11.9 Å². The van der Waals surface area contributed by atoms with Crippen molar-refractivity contribution in [3.05, 3.63) is 54.0 Å². The lowest BCUT2D eigenvalue weighted by Gasteiger charge is -2.06. The summed E-state index contributed by atoms with van der Waals surface area (Å²) in [6, 6.07) is 9.18. The van der Waals surface area contributed by atoms with E-state index >= 15 is 0 Å². The summed E-state index contributed by atoms with van der Waals surface area (Å²) >= 11 is 0. The van der Waals surface area contributed by atoms with Crippen molar-refractivity contribution in [3.8, 4) is 0 Å². The molecule has 0 aliphatic heterocycles. The van der Waals surface area contributed by atoms with Gasteiger partial charge in [-0.25, -0.2) is 4.98 Å². The summed E-state index contributed by atoms with van der Waals surface area (Å²) in [4.78, 5) is 20.3. The summed E-state index contributed by atoms with van der Waals surface area (Å²) in [6.45, 7) is 3.38. The Balaban J connectivity index is 1.89. The van der Waals surface area contributed by atoms with Gasteiger partial charge in [0.25, 0.3) is 5.91 Å². The zero-order valence-corrected chi connectivity index (χ0v) is 11.5. The molecule has 2 heterocycles. The number of anilines is 1. The highest BCUT2D eigenvalue weighted by molar-refractivity contribution is 5.93. The monoisotopic (exact) mass is 270 g/mol. The van der Waals surface area contributed by atoms with Crippen LogP contribution in [0.5, 0.6) is 0 Å². The minimum Gasteiger partial charge on any atom is -0.370 e. The first-order chi connectivity index (χ1) is 9.79. The van der Waals surface area contributed by atoms with E-state index in [1.807, 2.05) is 24.3 Å². The maximum atomic E-state index is 11.9. The van der Waals surface area contributed by atoms with Gasteiger partial charge in [-0.05, 0) is 30.7 Å². The maximum absolute atomic E-state index is 11.9. The lowest BCUT2D eigenvalue weighted by atomic mass is 10.2. The molecule has 2 N–H and O–H groups in total.